The number of carbonyl (C=O) groups is 1. The van der Waals surface area contributed by atoms with Gasteiger partial charge in [-0.15, -0.1) is 0 Å². The van der Waals surface area contributed by atoms with Crippen LogP contribution >= 0.6 is 0 Å². The molecule has 0 rings (SSSR count). The van der Waals surface area contributed by atoms with Crippen molar-refractivity contribution in [2.75, 3.05) is 6.61 Å². The summed E-state index contributed by atoms with van der Waals surface area (Å²) in [6.45, 7) is 1.84. The van der Waals surface area contributed by atoms with Crippen molar-refractivity contribution in [1.29, 1.82) is 0 Å². The highest BCUT2D eigenvalue weighted by molar-refractivity contribution is 5.67. The van der Waals surface area contributed by atoms with Gasteiger partial charge < -0.3 is 15.9 Å². The monoisotopic (exact) mass is 175 g/mol. The quantitative estimate of drug-likeness (QED) is 0.538. The first-order valence-corrected chi connectivity index (χ1v) is 4.20. The summed E-state index contributed by atoms with van der Waals surface area (Å²) in [6.07, 6.45) is 1.63. The van der Waals surface area contributed by atoms with Gasteiger partial charge in [0.05, 0.1) is 6.42 Å². The molecule has 0 fully saturated rings. The molecule has 72 valence electrons. The molecule has 0 bridgehead atoms. The van der Waals surface area contributed by atoms with Gasteiger partial charge in [-0.3, -0.25) is 4.79 Å². The zero-order valence-corrected chi connectivity index (χ0v) is 7.36. The Kier molecular flexibility index (Phi) is 5.66. The molecule has 0 saturated carbocycles. The fourth-order valence-corrected chi connectivity index (χ4v) is 1.14. The molecule has 2 atom stereocenters. The van der Waals surface area contributed by atoms with E-state index in [1.54, 1.807) is 0 Å². The third-order valence-electron chi connectivity index (χ3n) is 1.90. The summed E-state index contributed by atoms with van der Waals surface area (Å²) < 4.78 is 0. The third-order valence-corrected chi connectivity index (χ3v) is 1.90. The van der Waals surface area contributed by atoms with Gasteiger partial charge in [-0.2, -0.15) is 0 Å². The number of hydrogen-bond donors (Lipinski definition) is 3. The van der Waals surface area contributed by atoms with E-state index in [1.165, 1.54) is 0 Å². The number of rotatable bonds is 6. The first-order chi connectivity index (χ1) is 5.61. The summed E-state index contributed by atoms with van der Waals surface area (Å²) in [5.74, 6) is -1.21. The molecule has 0 heterocycles. The Balaban J connectivity index is 3.86. The Morgan fingerprint density at radius 2 is 2.17 bits per heavy atom. The Labute approximate surface area is 72.4 Å². The maximum absolute atomic E-state index is 10.3. The van der Waals surface area contributed by atoms with Crippen LogP contribution in [0.4, 0.5) is 0 Å². The van der Waals surface area contributed by atoms with Gasteiger partial charge in [0.2, 0.25) is 0 Å². The fraction of sp³-hybridized carbons (Fsp3) is 0.875. The SMILES string of the molecule is CCC[C@H](N)[C@@H](CO)CC(=O)O. The molecule has 0 amide bonds. The molecule has 4 N–H and O–H groups in total. The van der Waals surface area contributed by atoms with Crippen LogP contribution < -0.4 is 5.73 Å². The molecule has 4 heteroatoms. The van der Waals surface area contributed by atoms with Crippen molar-refractivity contribution in [2.24, 2.45) is 11.7 Å². The Morgan fingerprint density at radius 1 is 1.58 bits per heavy atom. The molecule has 4 nitrogen and oxygen atoms in total. The molecule has 0 aliphatic rings. The number of hydrogen-bond acceptors (Lipinski definition) is 3. The fourth-order valence-electron chi connectivity index (χ4n) is 1.14. The Hall–Kier alpha value is -0.610. The smallest absolute Gasteiger partial charge is 0.303 e. The molecule has 0 aliphatic carbocycles. The van der Waals surface area contributed by atoms with Gasteiger partial charge in [-0.25, -0.2) is 0 Å². The van der Waals surface area contributed by atoms with E-state index in [9.17, 15) is 4.79 Å². The van der Waals surface area contributed by atoms with Crippen LogP contribution in [0.3, 0.4) is 0 Å². The van der Waals surface area contributed by atoms with E-state index in [1.807, 2.05) is 6.92 Å². The van der Waals surface area contributed by atoms with E-state index >= 15 is 0 Å². The van der Waals surface area contributed by atoms with Crippen LogP contribution in [0.5, 0.6) is 0 Å². The van der Waals surface area contributed by atoms with Gasteiger partial charge in [0.15, 0.2) is 0 Å². The van der Waals surface area contributed by atoms with Crippen molar-refractivity contribution in [2.45, 2.75) is 32.2 Å². The Morgan fingerprint density at radius 3 is 2.50 bits per heavy atom. The maximum Gasteiger partial charge on any atom is 0.303 e. The second kappa shape index (κ2) is 5.97. The first kappa shape index (κ1) is 11.4. The van der Waals surface area contributed by atoms with Crippen LogP contribution in [-0.2, 0) is 4.79 Å². The molecule has 0 aromatic heterocycles. The second-order valence-corrected chi connectivity index (χ2v) is 2.99. The van der Waals surface area contributed by atoms with E-state index in [2.05, 4.69) is 0 Å². The molecule has 0 radical (unpaired) electrons. The first-order valence-electron chi connectivity index (χ1n) is 4.20. The molecular weight excluding hydrogens is 158 g/mol. The van der Waals surface area contributed by atoms with Crippen LogP contribution in [0.15, 0.2) is 0 Å². The summed E-state index contributed by atoms with van der Waals surface area (Å²) in [5.41, 5.74) is 5.66. The maximum atomic E-state index is 10.3. The lowest BCUT2D eigenvalue weighted by atomic mass is 9.94. The summed E-state index contributed by atoms with van der Waals surface area (Å²) in [6, 6.07) is -0.198. The van der Waals surface area contributed by atoms with Crippen LogP contribution in [0.2, 0.25) is 0 Å². The largest absolute Gasteiger partial charge is 0.481 e. The van der Waals surface area contributed by atoms with Crippen molar-refractivity contribution in [3.63, 3.8) is 0 Å². The molecule has 0 unspecified atom stereocenters. The number of aliphatic hydroxyl groups is 1. The third kappa shape index (κ3) is 4.31. The Bertz CT molecular complexity index is 138. The van der Waals surface area contributed by atoms with Gasteiger partial charge in [-0.1, -0.05) is 13.3 Å². The van der Waals surface area contributed by atoms with Crippen molar-refractivity contribution in [3.05, 3.63) is 0 Å². The predicted molar refractivity (Wildman–Crippen MR) is 45.7 cm³/mol. The lowest BCUT2D eigenvalue weighted by Crippen LogP contribution is -2.33. The minimum atomic E-state index is -0.902. The van der Waals surface area contributed by atoms with Crippen LogP contribution in [-0.4, -0.2) is 28.8 Å². The van der Waals surface area contributed by atoms with E-state index < -0.39 is 5.97 Å². The van der Waals surface area contributed by atoms with Crippen LogP contribution in [0.1, 0.15) is 26.2 Å². The van der Waals surface area contributed by atoms with E-state index in [0.717, 1.165) is 12.8 Å². The average Bonchev–Trinajstić information content (AvgIpc) is 2.00. The molecule has 0 aromatic rings. The minimum Gasteiger partial charge on any atom is -0.481 e. The summed E-state index contributed by atoms with van der Waals surface area (Å²) in [4.78, 5) is 10.3. The number of carboxylic acids is 1. The standard InChI is InChI=1S/C8H17NO3/c1-2-3-7(9)6(5-10)4-8(11)12/h6-7,10H,2-5,9H2,1H3,(H,11,12)/t6-,7+/m1/s1. The molecule has 0 saturated heterocycles. The van der Waals surface area contributed by atoms with Gasteiger partial charge in [-0.05, 0) is 6.42 Å². The zero-order valence-electron chi connectivity index (χ0n) is 7.36. The molecule has 0 spiro atoms. The van der Waals surface area contributed by atoms with Crippen molar-refractivity contribution in [1.82, 2.24) is 0 Å². The topological polar surface area (TPSA) is 83.5 Å². The number of aliphatic carboxylic acids is 1. The number of nitrogens with two attached hydrogens (primary N) is 1. The predicted octanol–water partition coefficient (Wildman–Crippen LogP) is 0.197. The minimum absolute atomic E-state index is 0.0440. The lowest BCUT2D eigenvalue weighted by Gasteiger charge is -2.19. The highest BCUT2D eigenvalue weighted by atomic mass is 16.4. The van der Waals surface area contributed by atoms with Crippen molar-refractivity contribution < 1.29 is 15.0 Å². The van der Waals surface area contributed by atoms with E-state index in [4.69, 9.17) is 15.9 Å². The van der Waals surface area contributed by atoms with E-state index in [-0.39, 0.29) is 25.0 Å². The summed E-state index contributed by atoms with van der Waals surface area (Å²) >= 11 is 0. The molecule has 0 aromatic carbocycles. The van der Waals surface area contributed by atoms with Gasteiger partial charge in [0, 0.05) is 18.6 Å². The van der Waals surface area contributed by atoms with Gasteiger partial charge in [0.25, 0.3) is 0 Å². The van der Waals surface area contributed by atoms with Gasteiger partial charge >= 0.3 is 5.97 Å². The van der Waals surface area contributed by atoms with Crippen molar-refractivity contribution in [3.8, 4) is 0 Å². The molecule has 12 heavy (non-hydrogen) atoms. The van der Waals surface area contributed by atoms with Crippen LogP contribution in [0.25, 0.3) is 0 Å². The number of aliphatic hydroxyl groups excluding tert-OH is 1. The molecular formula is C8H17NO3. The normalized spacial score (nSPS) is 15.6. The highest BCUT2D eigenvalue weighted by Gasteiger charge is 2.18. The zero-order chi connectivity index (χ0) is 9.56. The highest BCUT2D eigenvalue weighted by Crippen LogP contribution is 2.10. The summed E-state index contributed by atoms with van der Waals surface area (Å²) in [5, 5.41) is 17.3. The van der Waals surface area contributed by atoms with E-state index in [0.29, 0.717) is 0 Å². The average molecular weight is 175 g/mol. The molecule has 0 aliphatic heterocycles. The van der Waals surface area contributed by atoms with Crippen molar-refractivity contribution >= 4 is 5.97 Å². The summed E-state index contributed by atoms with van der Waals surface area (Å²) in [7, 11) is 0. The van der Waals surface area contributed by atoms with Gasteiger partial charge in [0.1, 0.15) is 0 Å². The van der Waals surface area contributed by atoms with Crippen LogP contribution in [0, 0.1) is 5.92 Å². The lowest BCUT2D eigenvalue weighted by molar-refractivity contribution is -0.138. The number of carboxylic acid groups (broad SMARTS) is 1. The second-order valence-electron chi connectivity index (χ2n) is 2.99.